The lowest BCUT2D eigenvalue weighted by atomic mass is 10.1. The predicted molar refractivity (Wildman–Crippen MR) is 72.9 cm³/mol. The van der Waals surface area contributed by atoms with Gasteiger partial charge in [-0.3, -0.25) is 4.79 Å². The number of phenolic OH excluding ortho intramolecular Hbond substituents is 1. The van der Waals surface area contributed by atoms with E-state index in [0.717, 1.165) is 4.88 Å². The highest BCUT2D eigenvalue weighted by Gasteiger charge is 2.21. The first kappa shape index (κ1) is 12.6. The lowest BCUT2D eigenvalue weighted by Crippen LogP contribution is -2.29. The number of rotatable bonds is 3. The van der Waals surface area contributed by atoms with E-state index < -0.39 is 0 Å². The van der Waals surface area contributed by atoms with Crippen LogP contribution in [0.25, 0.3) is 0 Å². The molecule has 18 heavy (non-hydrogen) atoms. The van der Waals surface area contributed by atoms with Crippen LogP contribution in [0.1, 0.15) is 28.2 Å². The van der Waals surface area contributed by atoms with Gasteiger partial charge in [0, 0.05) is 11.9 Å². The topological polar surface area (TPSA) is 40.5 Å². The molecule has 1 heterocycles. The Bertz CT molecular complexity index is 536. The molecule has 0 aliphatic rings. The first-order valence-corrected chi connectivity index (χ1v) is 6.57. The molecule has 1 unspecified atom stereocenters. The molecule has 2 aromatic rings. The van der Waals surface area contributed by atoms with E-state index in [9.17, 15) is 9.90 Å². The molecule has 3 nitrogen and oxygen atoms in total. The zero-order chi connectivity index (χ0) is 13.1. The molecule has 1 atom stereocenters. The lowest BCUT2D eigenvalue weighted by Gasteiger charge is -2.24. The minimum Gasteiger partial charge on any atom is -0.507 e. The smallest absolute Gasteiger partial charge is 0.257 e. The second kappa shape index (κ2) is 5.23. The molecule has 4 heteroatoms. The van der Waals surface area contributed by atoms with E-state index in [1.165, 1.54) is 6.07 Å². The first-order chi connectivity index (χ1) is 8.61. The molecule has 94 valence electrons. The molecule has 1 aromatic carbocycles. The van der Waals surface area contributed by atoms with E-state index in [-0.39, 0.29) is 17.7 Å². The molecular formula is C14H15NO2S. The number of hydrogen-bond donors (Lipinski definition) is 1. The maximum atomic E-state index is 12.3. The quantitative estimate of drug-likeness (QED) is 0.921. The van der Waals surface area contributed by atoms with Crippen LogP contribution in [0.4, 0.5) is 0 Å². The SMILES string of the molecule is CC(c1cccs1)N(C)C(=O)c1ccccc1O. The fraction of sp³-hybridized carbons (Fsp3) is 0.214. The summed E-state index contributed by atoms with van der Waals surface area (Å²) >= 11 is 1.62. The highest BCUT2D eigenvalue weighted by atomic mass is 32.1. The van der Waals surface area contributed by atoms with Gasteiger partial charge in [0.2, 0.25) is 0 Å². The molecule has 2 rings (SSSR count). The summed E-state index contributed by atoms with van der Waals surface area (Å²) in [6.45, 7) is 1.98. The maximum Gasteiger partial charge on any atom is 0.257 e. The number of carbonyl (C=O) groups is 1. The summed E-state index contributed by atoms with van der Waals surface area (Å²) in [5.74, 6) is -0.151. The van der Waals surface area contributed by atoms with E-state index in [4.69, 9.17) is 0 Å². The van der Waals surface area contributed by atoms with Crippen molar-refractivity contribution in [1.29, 1.82) is 0 Å². The molecule has 0 fully saturated rings. The average Bonchev–Trinajstić information content (AvgIpc) is 2.90. The number of benzene rings is 1. The fourth-order valence-electron chi connectivity index (χ4n) is 1.74. The Kier molecular flexibility index (Phi) is 3.67. The van der Waals surface area contributed by atoms with E-state index in [1.54, 1.807) is 41.5 Å². The molecule has 1 amide bonds. The summed E-state index contributed by atoms with van der Waals surface area (Å²) in [4.78, 5) is 15.0. The van der Waals surface area contributed by atoms with Gasteiger partial charge in [-0.1, -0.05) is 18.2 Å². The predicted octanol–water partition coefficient (Wildman–Crippen LogP) is 3.29. The molecule has 1 aromatic heterocycles. The van der Waals surface area contributed by atoms with Crippen LogP contribution in [0.5, 0.6) is 5.75 Å². The Morgan fingerprint density at radius 1 is 1.28 bits per heavy atom. The first-order valence-electron chi connectivity index (χ1n) is 5.70. The number of para-hydroxylation sites is 1. The van der Waals surface area contributed by atoms with E-state index >= 15 is 0 Å². The summed E-state index contributed by atoms with van der Waals surface area (Å²) in [7, 11) is 1.75. The average molecular weight is 261 g/mol. The Labute approximate surface area is 110 Å². The minimum atomic E-state index is -0.172. The summed E-state index contributed by atoms with van der Waals surface area (Å²) in [6.07, 6.45) is 0. The number of amides is 1. The normalized spacial score (nSPS) is 12.1. The van der Waals surface area contributed by atoms with Crippen LogP contribution in [0.3, 0.4) is 0 Å². The second-order valence-corrected chi connectivity index (χ2v) is 5.10. The van der Waals surface area contributed by atoms with E-state index in [2.05, 4.69) is 0 Å². The number of carbonyl (C=O) groups excluding carboxylic acids is 1. The molecule has 0 saturated heterocycles. The third kappa shape index (κ3) is 2.38. The zero-order valence-corrected chi connectivity index (χ0v) is 11.1. The monoisotopic (exact) mass is 261 g/mol. The van der Waals surface area contributed by atoms with Gasteiger partial charge >= 0.3 is 0 Å². The van der Waals surface area contributed by atoms with Crippen molar-refractivity contribution in [2.45, 2.75) is 13.0 Å². The van der Waals surface area contributed by atoms with Crippen LogP contribution in [0.15, 0.2) is 41.8 Å². The van der Waals surface area contributed by atoms with Crippen molar-refractivity contribution in [2.24, 2.45) is 0 Å². The number of phenols is 1. The van der Waals surface area contributed by atoms with Gasteiger partial charge in [-0.15, -0.1) is 11.3 Å². The summed E-state index contributed by atoms with van der Waals surface area (Å²) in [5.41, 5.74) is 0.336. The molecule has 0 aliphatic heterocycles. The lowest BCUT2D eigenvalue weighted by molar-refractivity contribution is 0.0742. The van der Waals surface area contributed by atoms with Gasteiger partial charge in [-0.25, -0.2) is 0 Å². The van der Waals surface area contributed by atoms with Crippen LogP contribution in [-0.4, -0.2) is 23.0 Å². The highest BCUT2D eigenvalue weighted by molar-refractivity contribution is 7.10. The Balaban J connectivity index is 2.22. The number of nitrogens with zero attached hydrogens (tertiary/aromatic N) is 1. The van der Waals surface area contributed by atoms with Gasteiger partial charge in [-0.2, -0.15) is 0 Å². The Morgan fingerprint density at radius 3 is 2.61 bits per heavy atom. The third-order valence-corrected chi connectivity index (χ3v) is 4.03. The van der Waals surface area contributed by atoms with E-state index in [0.29, 0.717) is 5.56 Å². The molecule has 1 N–H and O–H groups in total. The van der Waals surface area contributed by atoms with Crippen LogP contribution in [0, 0.1) is 0 Å². The van der Waals surface area contributed by atoms with Crippen LogP contribution < -0.4 is 0 Å². The standard InChI is InChI=1S/C14H15NO2S/c1-10(13-8-5-9-18-13)15(2)14(17)11-6-3-4-7-12(11)16/h3-10,16H,1-2H3. The second-order valence-electron chi connectivity index (χ2n) is 4.12. The van der Waals surface area contributed by atoms with Crippen molar-refractivity contribution in [1.82, 2.24) is 4.90 Å². The van der Waals surface area contributed by atoms with Crippen molar-refractivity contribution in [2.75, 3.05) is 7.05 Å². The van der Waals surface area contributed by atoms with Gasteiger partial charge in [0.05, 0.1) is 11.6 Å². The van der Waals surface area contributed by atoms with Gasteiger partial charge < -0.3 is 10.0 Å². The number of thiophene rings is 1. The molecule has 0 aliphatic carbocycles. The largest absolute Gasteiger partial charge is 0.507 e. The van der Waals surface area contributed by atoms with Gasteiger partial charge in [0.15, 0.2) is 0 Å². The van der Waals surface area contributed by atoms with E-state index in [1.807, 2.05) is 24.4 Å². The molecule has 0 radical (unpaired) electrons. The summed E-state index contributed by atoms with van der Waals surface area (Å²) in [6, 6.07) is 10.6. The van der Waals surface area contributed by atoms with Crippen LogP contribution >= 0.6 is 11.3 Å². The van der Waals surface area contributed by atoms with Crippen molar-refractivity contribution in [3.63, 3.8) is 0 Å². The van der Waals surface area contributed by atoms with Gasteiger partial charge in [0.25, 0.3) is 5.91 Å². The molecule has 0 saturated carbocycles. The highest BCUT2D eigenvalue weighted by Crippen LogP contribution is 2.26. The van der Waals surface area contributed by atoms with Crippen molar-refractivity contribution in [3.8, 4) is 5.75 Å². The molecular weight excluding hydrogens is 246 g/mol. The summed E-state index contributed by atoms with van der Waals surface area (Å²) in [5, 5.41) is 11.7. The van der Waals surface area contributed by atoms with Gasteiger partial charge in [-0.05, 0) is 30.5 Å². The molecule has 0 bridgehead atoms. The van der Waals surface area contributed by atoms with Crippen molar-refractivity contribution >= 4 is 17.2 Å². The Hall–Kier alpha value is -1.81. The minimum absolute atomic E-state index is 0.00268. The van der Waals surface area contributed by atoms with Crippen LogP contribution in [-0.2, 0) is 0 Å². The Morgan fingerprint density at radius 2 is 2.00 bits per heavy atom. The summed E-state index contributed by atoms with van der Waals surface area (Å²) < 4.78 is 0. The van der Waals surface area contributed by atoms with Crippen molar-refractivity contribution < 1.29 is 9.90 Å². The number of hydrogen-bond acceptors (Lipinski definition) is 3. The molecule has 0 spiro atoms. The zero-order valence-electron chi connectivity index (χ0n) is 10.3. The fourth-order valence-corrected chi connectivity index (χ4v) is 2.57. The maximum absolute atomic E-state index is 12.3. The van der Waals surface area contributed by atoms with Crippen LogP contribution in [0.2, 0.25) is 0 Å². The van der Waals surface area contributed by atoms with Crippen molar-refractivity contribution in [3.05, 3.63) is 52.2 Å². The third-order valence-electron chi connectivity index (χ3n) is 2.99. The number of aromatic hydroxyl groups is 1. The van der Waals surface area contributed by atoms with Gasteiger partial charge in [0.1, 0.15) is 5.75 Å².